The number of carbonyl (C=O) groups is 1. The van der Waals surface area contributed by atoms with Gasteiger partial charge in [0.2, 0.25) is 0 Å². The van der Waals surface area contributed by atoms with Crippen LogP contribution in [0, 0.1) is 0 Å². The zero-order valence-corrected chi connectivity index (χ0v) is 9.53. The number of aromatic nitrogens is 2. The van der Waals surface area contributed by atoms with Crippen LogP contribution >= 0.6 is 0 Å². The third-order valence-electron chi connectivity index (χ3n) is 2.49. The summed E-state index contributed by atoms with van der Waals surface area (Å²) in [6, 6.07) is 9.19. The molecule has 0 atom stereocenters. The van der Waals surface area contributed by atoms with E-state index in [1.165, 1.54) is 6.07 Å². The Morgan fingerprint density at radius 1 is 1.47 bits per heavy atom. The number of anilines is 2. The lowest BCUT2D eigenvalue weighted by molar-refractivity contribution is 0.102. The van der Waals surface area contributed by atoms with E-state index in [1.54, 1.807) is 0 Å². The van der Waals surface area contributed by atoms with Crippen molar-refractivity contribution in [2.75, 3.05) is 11.1 Å². The Morgan fingerprint density at radius 2 is 2.24 bits per heavy atom. The summed E-state index contributed by atoms with van der Waals surface area (Å²) in [7, 11) is 0. The molecule has 0 saturated heterocycles. The molecule has 17 heavy (non-hydrogen) atoms. The van der Waals surface area contributed by atoms with E-state index >= 15 is 0 Å². The van der Waals surface area contributed by atoms with Crippen molar-refractivity contribution in [1.29, 1.82) is 0 Å². The third kappa shape index (κ3) is 2.44. The van der Waals surface area contributed by atoms with Crippen LogP contribution in [0.15, 0.2) is 30.3 Å². The molecule has 0 radical (unpaired) electrons. The van der Waals surface area contributed by atoms with Crippen LogP contribution in [-0.2, 0) is 6.42 Å². The zero-order chi connectivity index (χ0) is 12.3. The highest BCUT2D eigenvalue weighted by Gasteiger charge is 2.10. The molecule has 4 N–H and O–H groups in total. The van der Waals surface area contributed by atoms with Crippen molar-refractivity contribution in [2.24, 2.45) is 0 Å². The van der Waals surface area contributed by atoms with Gasteiger partial charge in [0, 0.05) is 11.8 Å². The van der Waals surface area contributed by atoms with Crippen LogP contribution in [-0.4, -0.2) is 16.1 Å². The Labute approximate surface area is 99.0 Å². The molecule has 1 aromatic carbocycles. The van der Waals surface area contributed by atoms with Crippen molar-refractivity contribution in [3.05, 3.63) is 41.6 Å². The minimum Gasteiger partial charge on any atom is -0.382 e. The maximum Gasteiger partial charge on any atom is 0.273 e. The number of benzene rings is 1. The summed E-state index contributed by atoms with van der Waals surface area (Å²) >= 11 is 0. The molecule has 0 spiro atoms. The second-order valence-corrected chi connectivity index (χ2v) is 3.67. The molecule has 1 heterocycles. The summed E-state index contributed by atoms with van der Waals surface area (Å²) < 4.78 is 0. The maximum absolute atomic E-state index is 11.9. The van der Waals surface area contributed by atoms with Gasteiger partial charge in [-0.25, -0.2) is 0 Å². The number of nitrogens with zero attached hydrogens (tertiary/aromatic N) is 1. The molecule has 0 saturated carbocycles. The van der Waals surface area contributed by atoms with Gasteiger partial charge < -0.3 is 11.1 Å². The number of H-pyrrole nitrogens is 1. The van der Waals surface area contributed by atoms with Gasteiger partial charge in [-0.2, -0.15) is 5.10 Å². The Balaban J connectivity index is 2.18. The molecule has 2 aromatic rings. The van der Waals surface area contributed by atoms with E-state index in [2.05, 4.69) is 15.5 Å². The van der Waals surface area contributed by atoms with E-state index in [0.717, 1.165) is 17.7 Å². The number of nitrogens with two attached hydrogens (primary N) is 1. The Morgan fingerprint density at radius 3 is 2.88 bits per heavy atom. The topological polar surface area (TPSA) is 83.8 Å². The van der Waals surface area contributed by atoms with Crippen LogP contribution in [0.4, 0.5) is 11.5 Å². The molecule has 2 rings (SSSR count). The van der Waals surface area contributed by atoms with Gasteiger partial charge in [0.25, 0.3) is 5.91 Å². The standard InChI is InChI=1S/C12H14N4O/c1-2-8-5-3-4-6-9(8)14-12(17)10-7-11(13)16-15-10/h3-7H,2H2,1H3,(H,14,17)(H3,13,15,16). The number of nitrogens with one attached hydrogen (secondary N) is 2. The minimum absolute atomic E-state index is 0.241. The van der Waals surface area contributed by atoms with E-state index in [0.29, 0.717) is 11.5 Å². The fourth-order valence-electron chi connectivity index (χ4n) is 1.59. The Bertz CT molecular complexity index is 533. The first-order valence-electron chi connectivity index (χ1n) is 5.41. The van der Waals surface area contributed by atoms with Crippen LogP contribution in [0.25, 0.3) is 0 Å². The second kappa shape index (κ2) is 4.69. The van der Waals surface area contributed by atoms with E-state index in [1.807, 2.05) is 31.2 Å². The summed E-state index contributed by atoms with van der Waals surface area (Å²) in [5.74, 6) is 0.0639. The van der Waals surface area contributed by atoms with E-state index in [-0.39, 0.29) is 5.91 Å². The molecule has 0 fully saturated rings. The molecule has 0 aliphatic heterocycles. The van der Waals surface area contributed by atoms with E-state index in [9.17, 15) is 4.79 Å². The molecular weight excluding hydrogens is 216 g/mol. The second-order valence-electron chi connectivity index (χ2n) is 3.67. The summed E-state index contributed by atoms with van der Waals surface area (Å²) in [6.45, 7) is 2.04. The number of carbonyl (C=O) groups excluding carboxylic acids is 1. The third-order valence-corrected chi connectivity index (χ3v) is 2.49. The van der Waals surface area contributed by atoms with Crippen molar-refractivity contribution < 1.29 is 4.79 Å². The largest absolute Gasteiger partial charge is 0.382 e. The molecule has 0 aliphatic carbocycles. The minimum atomic E-state index is -0.241. The lowest BCUT2D eigenvalue weighted by Gasteiger charge is -2.08. The molecule has 1 amide bonds. The van der Waals surface area contributed by atoms with Gasteiger partial charge in [-0.1, -0.05) is 25.1 Å². The van der Waals surface area contributed by atoms with Crippen LogP contribution in [0.1, 0.15) is 23.0 Å². The van der Waals surface area contributed by atoms with Crippen molar-refractivity contribution in [3.8, 4) is 0 Å². The lowest BCUT2D eigenvalue weighted by Crippen LogP contribution is -2.13. The first-order chi connectivity index (χ1) is 8.20. The highest BCUT2D eigenvalue weighted by Crippen LogP contribution is 2.16. The van der Waals surface area contributed by atoms with Crippen molar-refractivity contribution in [3.63, 3.8) is 0 Å². The molecule has 0 aliphatic rings. The Hall–Kier alpha value is -2.30. The summed E-state index contributed by atoms with van der Waals surface area (Å²) in [5, 5.41) is 9.12. The highest BCUT2D eigenvalue weighted by molar-refractivity contribution is 6.03. The van der Waals surface area contributed by atoms with Crippen LogP contribution in [0.2, 0.25) is 0 Å². The number of aryl methyl sites for hydroxylation is 1. The average molecular weight is 230 g/mol. The number of para-hydroxylation sites is 1. The SMILES string of the molecule is CCc1ccccc1NC(=O)c1cc(N)n[nH]1. The number of nitrogen functional groups attached to an aromatic ring is 1. The average Bonchev–Trinajstić information content (AvgIpc) is 2.77. The lowest BCUT2D eigenvalue weighted by atomic mass is 10.1. The number of aromatic amines is 1. The summed E-state index contributed by atoms with van der Waals surface area (Å²) in [6.07, 6.45) is 0.863. The van der Waals surface area contributed by atoms with Gasteiger partial charge in [0.15, 0.2) is 0 Å². The van der Waals surface area contributed by atoms with Gasteiger partial charge in [-0.15, -0.1) is 0 Å². The molecule has 5 nitrogen and oxygen atoms in total. The van der Waals surface area contributed by atoms with Gasteiger partial charge in [-0.05, 0) is 18.1 Å². The highest BCUT2D eigenvalue weighted by atomic mass is 16.1. The van der Waals surface area contributed by atoms with E-state index < -0.39 is 0 Å². The monoisotopic (exact) mass is 230 g/mol. The molecule has 0 unspecified atom stereocenters. The summed E-state index contributed by atoms with van der Waals surface area (Å²) in [5.41, 5.74) is 7.70. The first-order valence-corrected chi connectivity index (χ1v) is 5.41. The van der Waals surface area contributed by atoms with Crippen LogP contribution < -0.4 is 11.1 Å². The van der Waals surface area contributed by atoms with Crippen LogP contribution in [0.5, 0.6) is 0 Å². The van der Waals surface area contributed by atoms with Gasteiger partial charge >= 0.3 is 0 Å². The zero-order valence-electron chi connectivity index (χ0n) is 9.53. The number of hydrogen-bond acceptors (Lipinski definition) is 3. The van der Waals surface area contributed by atoms with Crippen molar-refractivity contribution >= 4 is 17.4 Å². The van der Waals surface area contributed by atoms with Crippen LogP contribution in [0.3, 0.4) is 0 Å². The molecular formula is C12H14N4O. The van der Waals surface area contributed by atoms with Gasteiger partial charge in [0.1, 0.15) is 11.5 Å². The fourth-order valence-corrected chi connectivity index (χ4v) is 1.59. The Kier molecular flexibility index (Phi) is 3.09. The van der Waals surface area contributed by atoms with Gasteiger partial charge in [-0.3, -0.25) is 9.89 Å². The fraction of sp³-hybridized carbons (Fsp3) is 0.167. The van der Waals surface area contributed by atoms with Crippen molar-refractivity contribution in [1.82, 2.24) is 10.2 Å². The van der Waals surface area contributed by atoms with E-state index in [4.69, 9.17) is 5.73 Å². The number of rotatable bonds is 3. The molecule has 88 valence electrons. The smallest absolute Gasteiger partial charge is 0.273 e. The normalized spacial score (nSPS) is 10.2. The predicted octanol–water partition coefficient (Wildman–Crippen LogP) is 1.81. The number of hydrogen-bond donors (Lipinski definition) is 3. The number of amides is 1. The van der Waals surface area contributed by atoms with Gasteiger partial charge in [0.05, 0.1) is 0 Å². The van der Waals surface area contributed by atoms with Crippen molar-refractivity contribution in [2.45, 2.75) is 13.3 Å². The maximum atomic E-state index is 11.9. The summed E-state index contributed by atoms with van der Waals surface area (Å²) in [4.78, 5) is 11.9. The predicted molar refractivity (Wildman–Crippen MR) is 66.8 cm³/mol. The first kappa shape index (κ1) is 11.2. The quantitative estimate of drug-likeness (QED) is 0.751. The molecule has 5 heteroatoms. The molecule has 0 bridgehead atoms. The molecule has 1 aromatic heterocycles.